The third kappa shape index (κ3) is 7.82. The maximum Gasteiger partial charge on any atom is 0.408 e. The van der Waals surface area contributed by atoms with E-state index in [0.717, 1.165) is 0 Å². The first-order chi connectivity index (χ1) is 17.9. The van der Waals surface area contributed by atoms with Crippen molar-refractivity contribution in [3.05, 3.63) is 12.7 Å². The first kappa shape index (κ1) is 32.3. The summed E-state index contributed by atoms with van der Waals surface area (Å²) < 4.78 is 5.40. The van der Waals surface area contributed by atoms with Crippen molar-refractivity contribution >= 4 is 29.6 Å². The van der Waals surface area contributed by atoms with Gasteiger partial charge in [-0.2, -0.15) is 0 Å². The highest BCUT2D eigenvalue weighted by Crippen LogP contribution is 2.65. The quantitative estimate of drug-likeness (QED) is 0.207. The van der Waals surface area contributed by atoms with Gasteiger partial charge in [-0.05, 0) is 56.3 Å². The molecule has 220 valence electrons. The monoisotopic (exact) mass is 548 g/mol. The molecule has 10 heteroatoms. The number of alkyl carbamates (subject to hydrolysis) is 1. The van der Waals surface area contributed by atoms with Crippen molar-refractivity contribution in [2.24, 2.45) is 22.7 Å². The smallest absolute Gasteiger partial charge is 0.408 e. The topological polar surface area (TPSA) is 134 Å². The number of Topliss-reactive ketones (excluding diaryl/α,β-unsaturated/α-hetero) is 1. The first-order valence-electron chi connectivity index (χ1n) is 13.9. The van der Waals surface area contributed by atoms with Crippen LogP contribution in [0.1, 0.15) is 81.6 Å². The van der Waals surface area contributed by atoms with Gasteiger partial charge in [0.1, 0.15) is 17.7 Å². The van der Waals surface area contributed by atoms with Crippen LogP contribution in [0.25, 0.3) is 0 Å². The van der Waals surface area contributed by atoms with E-state index in [4.69, 9.17) is 4.74 Å². The number of piperidine rings is 1. The molecule has 0 aromatic carbocycles. The Bertz CT molecular complexity index is 977. The van der Waals surface area contributed by atoms with Crippen molar-refractivity contribution in [1.82, 2.24) is 20.9 Å². The number of ketones is 1. The van der Waals surface area contributed by atoms with Crippen molar-refractivity contribution in [2.75, 3.05) is 13.1 Å². The number of fused-ring (bicyclic) bond motifs is 1. The Balaban J connectivity index is 2.28. The van der Waals surface area contributed by atoms with E-state index in [2.05, 4.69) is 36.4 Å². The largest absolute Gasteiger partial charge is 0.444 e. The predicted molar refractivity (Wildman–Crippen MR) is 149 cm³/mol. The molecule has 0 radical (unpaired) electrons. The number of ether oxygens (including phenoxy) is 1. The van der Waals surface area contributed by atoms with Crippen LogP contribution in [0.3, 0.4) is 0 Å². The van der Waals surface area contributed by atoms with Crippen LogP contribution in [0.15, 0.2) is 12.7 Å². The minimum atomic E-state index is -0.998. The van der Waals surface area contributed by atoms with Crippen molar-refractivity contribution in [3.8, 4) is 0 Å². The van der Waals surface area contributed by atoms with Gasteiger partial charge in [0.25, 0.3) is 5.91 Å². The second-order valence-corrected chi connectivity index (χ2v) is 13.4. The molecular formula is C29H48N4O6. The number of hydrogen-bond acceptors (Lipinski definition) is 6. The second kappa shape index (κ2) is 12.1. The fourth-order valence-corrected chi connectivity index (χ4v) is 5.40. The van der Waals surface area contributed by atoms with Gasteiger partial charge in [-0.1, -0.05) is 54.0 Å². The fourth-order valence-electron chi connectivity index (χ4n) is 5.40. The number of amides is 4. The molecular weight excluding hydrogens is 500 g/mol. The molecule has 2 aliphatic rings. The highest BCUT2D eigenvalue weighted by molar-refractivity contribution is 6.38. The number of hydrogen-bond donors (Lipinski definition) is 3. The Labute approximate surface area is 233 Å². The van der Waals surface area contributed by atoms with Gasteiger partial charge in [-0.3, -0.25) is 19.2 Å². The van der Waals surface area contributed by atoms with Crippen LogP contribution in [-0.4, -0.2) is 71.3 Å². The van der Waals surface area contributed by atoms with Crippen molar-refractivity contribution < 1.29 is 28.7 Å². The van der Waals surface area contributed by atoms with Gasteiger partial charge in [0, 0.05) is 13.1 Å². The molecule has 5 atom stereocenters. The third-order valence-electron chi connectivity index (χ3n) is 7.60. The van der Waals surface area contributed by atoms with E-state index in [0.29, 0.717) is 25.8 Å². The molecule has 4 amide bonds. The Morgan fingerprint density at radius 1 is 1.08 bits per heavy atom. The maximum absolute atomic E-state index is 13.9. The lowest BCUT2D eigenvalue weighted by molar-refractivity contribution is -0.145. The van der Waals surface area contributed by atoms with E-state index in [9.17, 15) is 24.0 Å². The fraction of sp³-hybridized carbons (Fsp3) is 0.759. The van der Waals surface area contributed by atoms with E-state index in [1.54, 1.807) is 26.8 Å². The molecule has 10 nitrogen and oxygen atoms in total. The van der Waals surface area contributed by atoms with Crippen molar-refractivity contribution in [1.29, 1.82) is 0 Å². The highest BCUT2D eigenvalue weighted by Gasteiger charge is 2.69. The molecule has 1 aliphatic heterocycles. The number of likely N-dealkylation sites (tertiary alicyclic amines) is 1. The van der Waals surface area contributed by atoms with E-state index in [-0.39, 0.29) is 29.7 Å². The standard InChI is InChI=1S/C29H48N4O6/c1-11-13-15-30-24(36)21(34)18(14-12-2)31-23(35)20-19-17(29(19,9)10)16-33(20)25(37)22(27(3,4)5)32-26(38)39-28(6,7)8/h11,17-20,22H,1,12-16H2,2-10H3,(H,30,36)(H,31,35)(H,32,38). The zero-order valence-electron chi connectivity index (χ0n) is 25.1. The van der Waals surface area contributed by atoms with Crippen molar-refractivity contribution in [2.45, 2.75) is 105 Å². The Hall–Kier alpha value is -2.91. The number of carbonyl (C=O) groups excluding carboxylic acids is 5. The van der Waals surface area contributed by atoms with Crippen LogP contribution < -0.4 is 16.0 Å². The molecule has 0 bridgehead atoms. The van der Waals surface area contributed by atoms with E-state index in [1.165, 1.54) is 4.90 Å². The molecule has 2 fully saturated rings. The van der Waals surface area contributed by atoms with Crippen LogP contribution in [-0.2, 0) is 23.9 Å². The Kier molecular flexibility index (Phi) is 10.0. The number of nitrogens with zero attached hydrogens (tertiary/aromatic N) is 1. The van der Waals surface area contributed by atoms with Gasteiger partial charge >= 0.3 is 6.09 Å². The lowest BCUT2D eigenvalue weighted by atomic mass is 9.85. The minimum Gasteiger partial charge on any atom is -0.444 e. The number of carbonyl (C=O) groups is 5. The highest BCUT2D eigenvalue weighted by atomic mass is 16.6. The minimum absolute atomic E-state index is 0.0950. The predicted octanol–water partition coefficient (Wildman–Crippen LogP) is 2.96. The van der Waals surface area contributed by atoms with Crippen LogP contribution in [0.2, 0.25) is 0 Å². The summed E-state index contributed by atoms with van der Waals surface area (Å²) in [5.41, 5.74) is -1.56. The normalized spacial score (nSPS) is 23.1. The van der Waals surface area contributed by atoms with Crippen LogP contribution in [0.4, 0.5) is 4.79 Å². The lowest BCUT2D eigenvalue weighted by Gasteiger charge is -2.38. The van der Waals surface area contributed by atoms with Gasteiger partial charge in [-0.25, -0.2) is 4.79 Å². The third-order valence-corrected chi connectivity index (χ3v) is 7.60. The summed E-state index contributed by atoms with van der Waals surface area (Å²) in [5, 5.41) is 8.07. The average molecular weight is 549 g/mol. The molecule has 3 N–H and O–H groups in total. The molecule has 0 aromatic heterocycles. The van der Waals surface area contributed by atoms with E-state index >= 15 is 0 Å². The molecule has 1 saturated carbocycles. The van der Waals surface area contributed by atoms with Crippen LogP contribution >= 0.6 is 0 Å². The zero-order chi connectivity index (χ0) is 29.9. The molecule has 0 aromatic rings. The van der Waals surface area contributed by atoms with Gasteiger partial charge in [0.05, 0.1) is 6.04 Å². The number of nitrogens with one attached hydrogen (secondary N) is 3. The van der Waals surface area contributed by atoms with Gasteiger partial charge < -0.3 is 25.6 Å². The Morgan fingerprint density at radius 3 is 2.21 bits per heavy atom. The first-order valence-corrected chi connectivity index (χ1v) is 13.9. The molecule has 1 heterocycles. The molecule has 1 saturated heterocycles. The maximum atomic E-state index is 13.9. The van der Waals surface area contributed by atoms with Gasteiger partial charge in [-0.15, -0.1) is 6.58 Å². The summed E-state index contributed by atoms with van der Waals surface area (Å²) in [6.45, 7) is 21.0. The lowest BCUT2D eigenvalue weighted by Crippen LogP contribution is -2.60. The van der Waals surface area contributed by atoms with Gasteiger partial charge in [0.2, 0.25) is 17.6 Å². The molecule has 1 aliphatic carbocycles. The zero-order valence-corrected chi connectivity index (χ0v) is 25.1. The SMILES string of the molecule is C=CCCNC(=O)C(=O)C(CCC)NC(=O)C1C2C(CN1C(=O)C(NC(=O)OC(C)(C)C)C(C)(C)C)C2(C)C. The molecule has 2 rings (SSSR count). The number of rotatable bonds is 11. The summed E-state index contributed by atoms with van der Waals surface area (Å²) in [6, 6.07) is -2.76. The summed E-state index contributed by atoms with van der Waals surface area (Å²) in [4.78, 5) is 67.1. The van der Waals surface area contributed by atoms with Gasteiger partial charge in [0.15, 0.2) is 0 Å². The molecule has 5 unspecified atom stereocenters. The summed E-state index contributed by atoms with van der Waals surface area (Å²) in [6.07, 6.45) is 2.32. The van der Waals surface area contributed by atoms with Crippen molar-refractivity contribution in [3.63, 3.8) is 0 Å². The van der Waals surface area contributed by atoms with E-state index in [1.807, 2.05) is 27.7 Å². The Morgan fingerprint density at radius 2 is 1.69 bits per heavy atom. The second-order valence-electron chi connectivity index (χ2n) is 13.4. The summed E-state index contributed by atoms with van der Waals surface area (Å²) in [5.74, 6) is -2.29. The van der Waals surface area contributed by atoms with E-state index < -0.39 is 52.8 Å². The molecule has 0 spiro atoms. The van der Waals surface area contributed by atoms with Crippen LogP contribution in [0.5, 0.6) is 0 Å². The average Bonchev–Trinajstić information content (AvgIpc) is 3.14. The molecule has 39 heavy (non-hydrogen) atoms. The summed E-state index contributed by atoms with van der Waals surface area (Å²) >= 11 is 0. The van der Waals surface area contributed by atoms with Crippen LogP contribution in [0, 0.1) is 22.7 Å². The summed E-state index contributed by atoms with van der Waals surface area (Å²) in [7, 11) is 0.